The number of hydrogen-bond donors (Lipinski definition) is 2. The van der Waals surface area contributed by atoms with Crippen molar-refractivity contribution in [2.24, 2.45) is 0 Å². The zero-order chi connectivity index (χ0) is 17.7. The van der Waals surface area contributed by atoms with E-state index in [9.17, 15) is 18.0 Å². The van der Waals surface area contributed by atoms with Gasteiger partial charge in [-0.2, -0.15) is 0 Å². The lowest BCUT2D eigenvalue weighted by Crippen LogP contribution is -2.30. The first kappa shape index (κ1) is 17.7. The predicted octanol–water partition coefficient (Wildman–Crippen LogP) is 2.04. The van der Waals surface area contributed by atoms with Gasteiger partial charge in [-0.1, -0.05) is 36.4 Å². The summed E-state index contributed by atoms with van der Waals surface area (Å²) in [4.78, 5) is 23.5. The molecular weight excluding hydrogens is 330 g/mol. The fourth-order valence-electron chi connectivity index (χ4n) is 2.22. The van der Waals surface area contributed by atoms with Crippen LogP contribution in [0.3, 0.4) is 0 Å². The van der Waals surface area contributed by atoms with Crippen molar-refractivity contribution < 1.29 is 23.1 Å². The standard InChI is InChI=1S/C17H17NO5S/c1-24(22,23)14-9-5-8-13(10-14)17(21)18-15(11-16(19)20)12-6-3-2-4-7-12/h2-10,15H,11H2,1H3,(H,18,21)(H,19,20)/t15-/m1/s1. The lowest BCUT2D eigenvalue weighted by atomic mass is 10.0. The first-order chi connectivity index (χ1) is 11.3. The van der Waals surface area contributed by atoms with E-state index in [1.54, 1.807) is 30.3 Å². The number of rotatable bonds is 6. The molecule has 6 nitrogen and oxygen atoms in total. The lowest BCUT2D eigenvalue weighted by Gasteiger charge is -2.17. The Morgan fingerprint density at radius 1 is 1.08 bits per heavy atom. The molecule has 126 valence electrons. The highest BCUT2D eigenvalue weighted by Crippen LogP contribution is 2.18. The van der Waals surface area contributed by atoms with Gasteiger partial charge in [-0.05, 0) is 23.8 Å². The Hall–Kier alpha value is -2.67. The van der Waals surface area contributed by atoms with E-state index in [2.05, 4.69) is 5.32 Å². The van der Waals surface area contributed by atoms with E-state index in [0.29, 0.717) is 5.56 Å². The van der Waals surface area contributed by atoms with E-state index in [0.717, 1.165) is 6.26 Å². The van der Waals surface area contributed by atoms with Gasteiger partial charge in [-0.15, -0.1) is 0 Å². The molecule has 0 unspecified atom stereocenters. The number of sulfone groups is 1. The Kier molecular flexibility index (Phi) is 5.35. The maximum atomic E-state index is 12.4. The first-order valence-corrected chi connectivity index (χ1v) is 9.04. The van der Waals surface area contributed by atoms with Gasteiger partial charge < -0.3 is 10.4 Å². The molecule has 0 spiro atoms. The molecule has 0 aliphatic heterocycles. The molecule has 2 N–H and O–H groups in total. The maximum absolute atomic E-state index is 12.4. The first-order valence-electron chi connectivity index (χ1n) is 7.15. The Morgan fingerprint density at radius 3 is 2.33 bits per heavy atom. The zero-order valence-corrected chi connectivity index (χ0v) is 13.8. The van der Waals surface area contributed by atoms with Crippen molar-refractivity contribution in [3.05, 3.63) is 65.7 Å². The van der Waals surface area contributed by atoms with Gasteiger partial charge >= 0.3 is 5.97 Å². The molecule has 0 saturated carbocycles. The number of carboxylic acid groups (broad SMARTS) is 1. The average molecular weight is 347 g/mol. The van der Waals surface area contributed by atoms with Crippen molar-refractivity contribution in [3.63, 3.8) is 0 Å². The van der Waals surface area contributed by atoms with Crippen LogP contribution >= 0.6 is 0 Å². The minimum Gasteiger partial charge on any atom is -0.481 e. The molecule has 0 fully saturated rings. The van der Waals surface area contributed by atoms with E-state index in [1.165, 1.54) is 24.3 Å². The predicted molar refractivity (Wildman–Crippen MR) is 88.5 cm³/mol. The fraction of sp³-hybridized carbons (Fsp3) is 0.176. The smallest absolute Gasteiger partial charge is 0.305 e. The van der Waals surface area contributed by atoms with Crippen molar-refractivity contribution in [2.75, 3.05) is 6.26 Å². The van der Waals surface area contributed by atoms with E-state index >= 15 is 0 Å². The third-order valence-electron chi connectivity index (χ3n) is 3.41. The van der Waals surface area contributed by atoms with Crippen molar-refractivity contribution in [3.8, 4) is 0 Å². The number of hydrogen-bond acceptors (Lipinski definition) is 4. The molecule has 2 rings (SSSR count). The van der Waals surface area contributed by atoms with Crippen LogP contribution in [0.4, 0.5) is 0 Å². The molecule has 2 aromatic carbocycles. The number of carbonyl (C=O) groups excluding carboxylic acids is 1. The van der Waals surface area contributed by atoms with Crippen LogP contribution < -0.4 is 5.32 Å². The summed E-state index contributed by atoms with van der Waals surface area (Å²) in [5.41, 5.74) is 0.816. The molecule has 1 atom stereocenters. The summed E-state index contributed by atoms with van der Waals surface area (Å²) in [6.07, 6.45) is 0.780. The molecule has 0 heterocycles. The summed E-state index contributed by atoms with van der Waals surface area (Å²) in [5.74, 6) is -1.58. The highest BCUT2D eigenvalue weighted by molar-refractivity contribution is 7.90. The molecule has 0 aromatic heterocycles. The minimum atomic E-state index is -3.43. The van der Waals surface area contributed by atoms with Crippen LogP contribution in [0.15, 0.2) is 59.5 Å². The third kappa shape index (κ3) is 4.66. The number of carboxylic acids is 1. The second-order valence-corrected chi connectivity index (χ2v) is 7.35. The van der Waals surface area contributed by atoms with Crippen LogP contribution in [0.25, 0.3) is 0 Å². The van der Waals surface area contributed by atoms with Gasteiger partial charge in [0.2, 0.25) is 0 Å². The number of benzene rings is 2. The SMILES string of the molecule is CS(=O)(=O)c1cccc(C(=O)N[C@H](CC(=O)O)c2ccccc2)c1. The van der Waals surface area contributed by atoms with Gasteiger partial charge in [-0.25, -0.2) is 8.42 Å². The van der Waals surface area contributed by atoms with E-state index < -0.39 is 27.8 Å². The second-order valence-electron chi connectivity index (χ2n) is 5.33. The summed E-state index contributed by atoms with van der Waals surface area (Å²) < 4.78 is 23.2. The molecule has 0 bridgehead atoms. The maximum Gasteiger partial charge on any atom is 0.305 e. The summed E-state index contributed by atoms with van der Waals surface area (Å²) in [6.45, 7) is 0. The van der Waals surface area contributed by atoms with Gasteiger partial charge in [0.15, 0.2) is 9.84 Å². The third-order valence-corrected chi connectivity index (χ3v) is 4.52. The molecule has 7 heteroatoms. The summed E-state index contributed by atoms with van der Waals surface area (Å²) in [7, 11) is -3.43. The van der Waals surface area contributed by atoms with Crippen LogP contribution in [0.1, 0.15) is 28.4 Å². The lowest BCUT2D eigenvalue weighted by molar-refractivity contribution is -0.137. The molecule has 0 radical (unpaired) electrons. The van der Waals surface area contributed by atoms with Crippen molar-refractivity contribution >= 4 is 21.7 Å². The molecule has 1 amide bonds. The van der Waals surface area contributed by atoms with Gasteiger partial charge in [0.1, 0.15) is 0 Å². The topological polar surface area (TPSA) is 101 Å². The number of nitrogens with one attached hydrogen (secondary N) is 1. The normalized spacial score (nSPS) is 12.4. The van der Waals surface area contributed by atoms with Crippen LogP contribution in [0, 0.1) is 0 Å². The van der Waals surface area contributed by atoms with Crippen LogP contribution in [-0.2, 0) is 14.6 Å². The number of amides is 1. The molecule has 2 aromatic rings. The Labute approximate surface area is 140 Å². The molecule has 0 aliphatic carbocycles. The van der Waals surface area contributed by atoms with Gasteiger partial charge in [0.05, 0.1) is 17.4 Å². The largest absolute Gasteiger partial charge is 0.481 e. The Balaban J connectivity index is 2.26. The highest BCUT2D eigenvalue weighted by Gasteiger charge is 2.19. The molecular formula is C17H17NO5S. The van der Waals surface area contributed by atoms with Crippen molar-refractivity contribution in [1.29, 1.82) is 0 Å². The number of aliphatic carboxylic acids is 1. The molecule has 0 saturated heterocycles. The summed E-state index contributed by atoms with van der Waals surface area (Å²) in [5, 5.41) is 11.7. The Bertz CT molecular complexity index is 846. The minimum absolute atomic E-state index is 0.0321. The van der Waals surface area contributed by atoms with Crippen molar-refractivity contribution in [1.82, 2.24) is 5.32 Å². The monoisotopic (exact) mass is 347 g/mol. The van der Waals surface area contributed by atoms with Crippen LogP contribution in [-0.4, -0.2) is 31.7 Å². The van der Waals surface area contributed by atoms with E-state index in [4.69, 9.17) is 5.11 Å². The summed E-state index contributed by atoms with van der Waals surface area (Å²) >= 11 is 0. The quantitative estimate of drug-likeness (QED) is 0.833. The fourth-order valence-corrected chi connectivity index (χ4v) is 2.89. The van der Waals surface area contributed by atoms with Gasteiger partial charge in [0.25, 0.3) is 5.91 Å². The highest BCUT2D eigenvalue weighted by atomic mass is 32.2. The second kappa shape index (κ2) is 7.27. The number of carbonyl (C=O) groups is 2. The average Bonchev–Trinajstić information content (AvgIpc) is 2.54. The van der Waals surface area contributed by atoms with Gasteiger partial charge in [-0.3, -0.25) is 9.59 Å². The zero-order valence-electron chi connectivity index (χ0n) is 13.0. The van der Waals surface area contributed by atoms with E-state index in [1.807, 2.05) is 0 Å². The molecule has 24 heavy (non-hydrogen) atoms. The summed E-state index contributed by atoms with van der Waals surface area (Å²) in [6, 6.07) is 13.7. The van der Waals surface area contributed by atoms with Crippen molar-refractivity contribution in [2.45, 2.75) is 17.4 Å². The Morgan fingerprint density at radius 2 is 1.75 bits per heavy atom. The van der Waals surface area contributed by atoms with Crippen LogP contribution in [0.2, 0.25) is 0 Å². The van der Waals surface area contributed by atoms with Gasteiger partial charge in [0, 0.05) is 11.8 Å². The van der Waals surface area contributed by atoms with Crippen LogP contribution in [0.5, 0.6) is 0 Å². The molecule has 0 aliphatic rings. The van der Waals surface area contributed by atoms with E-state index in [-0.39, 0.29) is 16.9 Å².